The van der Waals surface area contributed by atoms with E-state index in [2.05, 4.69) is 46.4 Å². The number of hydrogen-bond acceptors (Lipinski definition) is 8. The van der Waals surface area contributed by atoms with Crippen molar-refractivity contribution in [2.45, 2.75) is 30.6 Å². The fraction of sp³-hybridized carbons (Fsp3) is 0.526. The number of rotatable bonds is 8. The highest BCUT2D eigenvalue weighted by molar-refractivity contribution is 8.01. The third-order valence-electron chi connectivity index (χ3n) is 4.43. The molecule has 1 aliphatic heterocycles. The number of methoxy groups -OCH3 is 1. The molecule has 28 heavy (non-hydrogen) atoms. The summed E-state index contributed by atoms with van der Waals surface area (Å²) in [7, 11) is 1.67. The Morgan fingerprint density at radius 1 is 1.21 bits per heavy atom. The van der Waals surface area contributed by atoms with Crippen molar-refractivity contribution in [3.05, 3.63) is 24.3 Å². The average Bonchev–Trinajstić information content (AvgIpc) is 3.14. The lowest BCUT2D eigenvalue weighted by atomic mass is 10.2. The summed E-state index contributed by atoms with van der Waals surface area (Å²) >= 11 is 3.13. The van der Waals surface area contributed by atoms with Gasteiger partial charge in [0.05, 0.1) is 7.11 Å². The van der Waals surface area contributed by atoms with E-state index in [-0.39, 0.29) is 5.91 Å². The van der Waals surface area contributed by atoms with Crippen LogP contribution in [0.15, 0.2) is 28.6 Å². The van der Waals surface area contributed by atoms with Crippen molar-refractivity contribution in [1.82, 2.24) is 15.1 Å². The minimum absolute atomic E-state index is 0.215. The molecule has 0 saturated carbocycles. The summed E-state index contributed by atoms with van der Waals surface area (Å²) in [5, 5.41) is 12.4. The number of nitrogens with one attached hydrogen (secondary N) is 1. The van der Waals surface area contributed by atoms with Crippen molar-refractivity contribution in [2.24, 2.45) is 0 Å². The number of aromatic nitrogens is 2. The molecule has 1 aromatic carbocycles. The predicted octanol–water partition coefficient (Wildman–Crippen LogP) is 3.20. The van der Waals surface area contributed by atoms with Crippen LogP contribution in [-0.2, 0) is 4.79 Å². The topological polar surface area (TPSA) is 70.6 Å². The Hall–Kier alpha value is -2.00. The number of piperazine rings is 1. The minimum Gasteiger partial charge on any atom is -0.497 e. The Bertz CT molecular complexity index is 758. The molecule has 1 amide bonds. The summed E-state index contributed by atoms with van der Waals surface area (Å²) in [6.45, 7) is 7.37. The van der Waals surface area contributed by atoms with E-state index in [9.17, 15) is 4.79 Å². The maximum atomic E-state index is 12.5. The largest absolute Gasteiger partial charge is 0.497 e. The molecule has 0 bridgehead atoms. The number of nitrogens with zero attached hydrogens (tertiary/aromatic N) is 4. The van der Waals surface area contributed by atoms with E-state index in [1.807, 2.05) is 17.0 Å². The molecule has 152 valence electrons. The van der Waals surface area contributed by atoms with E-state index < -0.39 is 0 Å². The second-order valence-electron chi connectivity index (χ2n) is 6.84. The fourth-order valence-electron chi connectivity index (χ4n) is 2.96. The molecule has 1 aliphatic rings. The molecule has 7 nitrogen and oxygen atoms in total. The smallest absolute Gasteiger partial charge is 0.223 e. The summed E-state index contributed by atoms with van der Waals surface area (Å²) in [6, 6.07) is 8.41. The van der Waals surface area contributed by atoms with Crippen molar-refractivity contribution in [2.75, 3.05) is 49.3 Å². The van der Waals surface area contributed by atoms with Gasteiger partial charge in [-0.3, -0.25) is 4.79 Å². The summed E-state index contributed by atoms with van der Waals surface area (Å²) in [5.41, 5.74) is 1.17. The highest BCUT2D eigenvalue weighted by atomic mass is 32.2. The molecule has 1 saturated heterocycles. The molecule has 1 fully saturated rings. The highest BCUT2D eigenvalue weighted by Crippen LogP contribution is 2.26. The molecule has 0 radical (unpaired) electrons. The first-order valence-corrected chi connectivity index (χ1v) is 11.2. The van der Waals surface area contributed by atoms with E-state index in [1.54, 1.807) is 18.9 Å². The zero-order valence-corrected chi connectivity index (χ0v) is 18.2. The molecule has 0 spiro atoms. The molecular weight excluding hydrogens is 394 g/mol. The van der Waals surface area contributed by atoms with Gasteiger partial charge < -0.3 is 19.9 Å². The SMILES string of the molecule is COc1ccc(N2CCN(C(=O)CCSc3nnc(NC(C)C)s3)CC2)cc1. The zero-order chi connectivity index (χ0) is 19.9. The molecule has 9 heteroatoms. The second kappa shape index (κ2) is 9.97. The number of hydrogen-bond donors (Lipinski definition) is 1. The van der Waals surface area contributed by atoms with Gasteiger partial charge >= 0.3 is 0 Å². The van der Waals surface area contributed by atoms with E-state index in [1.165, 1.54) is 17.0 Å². The van der Waals surface area contributed by atoms with Crippen LogP contribution in [0.5, 0.6) is 5.75 Å². The Balaban J connectivity index is 1.39. The molecule has 0 aliphatic carbocycles. The van der Waals surface area contributed by atoms with Crippen LogP contribution in [-0.4, -0.2) is 66.1 Å². The lowest BCUT2D eigenvalue weighted by Crippen LogP contribution is -2.48. The van der Waals surface area contributed by atoms with Crippen molar-refractivity contribution in [1.29, 1.82) is 0 Å². The van der Waals surface area contributed by atoms with Crippen LogP contribution in [0.1, 0.15) is 20.3 Å². The van der Waals surface area contributed by atoms with Gasteiger partial charge in [0, 0.05) is 50.1 Å². The zero-order valence-electron chi connectivity index (χ0n) is 16.6. The summed E-state index contributed by atoms with van der Waals surface area (Å²) < 4.78 is 6.11. The summed E-state index contributed by atoms with van der Waals surface area (Å²) in [4.78, 5) is 16.8. The normalized spacial score (nSPS) is 14.4. The maximum absolute atomic E-state index is 12.5. The maximum Gasteiger partial charge on any atom is 0.223 e. The van der Waals surface area contributed by atoms with Crippen LogP contribution in [0.4, 0.5) is 10.8 Å². The van der Waals surface area contributed by atoms with Crippen LogP contribution in [0.3, 0.4) is 0 Å². The third-order valence-corrected chi connectivity index (χ3v) is 6.42. The molecule has 2 aromatic rings. The first-order valence-electron chi connectivity index (χ1n) is 9.45. The van der Waals surface area contributed by atoms with Gasteiger partial charge in [-0.05, 0) is 38.1 Å². The lowest BCUT2D eigenvalue weighted by Gasteiger charge is -2.36. The molecular formula is C19H27N5O2S2. The second-order valence-corrected chi connectivity index (χ2v) is 9.16. The van der Waals surface area contributed by atoms with Crippen molar-refractivity contribution in [3.63, 3.8) is 0 Å². The number of thioether (sulfide) groups is 1. The average molecular weight is 422 g/mol. The molecule has 0 atom stereocenters. The van der Waals surface area contributed by atoms with Crippen molar-refractivity contribution in [3.8, 4) is 5.75 Å². The first-order chi connectivity index (χ1) is 13.5. The van der Waals surface area contributed by atoms with Gasteiger partial charge in [-0.15, -0.1) is 10.2 Å². The van der Waals surface area contributed by atoms with Gasteiger partial charge in [0.15, 0.2) is 4.34 Å². The molecule has 0 unspecified atom stereocenters. The number of carbonyl (C=O) groups is 1. The summed E-state index contributed by atoms with van der Waals surface area (Å²) in [6.07, 6.45) is 0.528. The monoisotopic (exact) mass is 421 g/mol. The van der Waals surface area contributed by atoms with Crippen LogP contribution >= 0.6 is 23.1 Å². The Labute approximate surface area is 174 Å². The number of amides is 1. The Morgan fingerprint density at radius 3 is 2.57 bits per heavy atom. The quantitative estimate of drug-likeness (QED) is 0.656. The van der Waals surface area contributed by atoms with Crippen LogP contribution in [0.2, 0.25) is 0 Å². The highest BCUT2D eigenvalue weighted by Gasteiger charge is 2.21. The lowest BCUT2D eigenvalue weighted by molar-refractivity contribution is -0.131. The number of anilines is 2. The fourth-order valence-corrected chi connectivity index (χ4v) is 4.86. The Morgan fingerprint density at radius 2 is 1.93 bits per heavy atom. The summed E-state index contributed by atoms with van der Waals surface area (Å²) in [5.74, 6) is 1.80. The van der Waals surface area contributed by atoms with Gasteiger partial charge in [-0.2, -0.15) is 0 Å². The number of benzene rings is 1. The van der Waals surface area contributed by atoms with Crippen LogP contribution < -0.4 is 15.0 Å². The van der Waals surface area contributed by atoms with Crippen LogP contribution in [0.25, 0.3) is 0 Å². The van der Waals surface area contributed by atoms with Crippen molar-refractivity contribution < 1.29 is 9.53 Å². The Kier molecular flexibility index (Phi) is 7.38. The van der Waals surface area contributed by atoms with Crippen molar-refractivity contribution >= 4 is 39.8 Å². The molecule has 1 aromatic heterocycles. The van der Waals surface area contributed by atoms with Crippen LogP contribution in [0, 0.1) is 0 Å². The first kappa shape index (κ1) is 20.7. The van der Waals surface area contributed by atoms with Gasteiger partial charge in [0.25, 0.3) is 0 Å². The van der Waals surface area contributed by atoms with Gasteiger partial charge in [-0.25, -0.2) is 0 Å². The molecule has 3 rings (SSSR count). The number of ether oxygens (including phenoxy) is 1. The molecule has 2 heterocycles. The van der Waals surface area contributed by atoms with E-state index in [0.29, 0.717) is 12.5 Å². The third kappa shape index (κ3) is 5.75. The standard InChI is InChI=1S/C19H27N5O2S2/c1-14(2)20-18-21-22-19(28-18)27-13-8-17(25)24-11-9-23(10-12-24)15-4-6-16(26-3)7-5-15/h4-7,14H,8-13H2,1-3H3,(H,20,21). The van der Waals surface area contributed by atoms with Gasteiger partial charge in [0.2, 0.25) is 11.0 Å². The van der Waals surface area contributed by atoms with E-state index in [4.69, 9.17) is 4.74 Å². The van der Waals surface area contributed by atoms with E-state index >= 15 is 0 Å². The van der Waals surface area contributed by atoms with Gasteiger partial charge in [0.1, 0.15) is 5.75 Å². The molecule has 1 N–H and O–H groups in total. The predicted molar refractivity (Wildman–Crippen MR) is 116 cm³/mol. The minimum atomic E-state index is 0.215. The number of carbonyl (C=O) groups excluding carboxylic acids is 1. The van der Waals surface area contributed by atoms with E-state index in [0.717, 1.165) is 47.2 Å². The van der Waals surface area contributed by atoms with Gasteiger partial charge in [-0.1, -0.05) is 23.1 Å².